The molecule has 0 aliphatic carbocycles. The molecule has 3 heterocycles. The molecular formula is C23H17ClN4O. The summed E-state index contributed by atoms with van der Waals surface area (Å²) in [4.78, 5) is 24.9. The summed E-state index contributed by atoms with van der Waals surface area (Å²) in [6, 6.07) is 15.6. The second-order valence-electron chi connectivity index (χ2n) is 7.08. The van der Waals surface area contributed by atoms with Gasteiger partial charge in [0.05, 0.1) is 28.3 Å². The number of fused-ring (bicyclic) bond motifs is 2. The first-order valence-electron chi connectivity index (χ1n) is 9.27. The van der Waals surface area contributed by atoms with Crippen LogP contribution >= 0.6 is 11.6 Å². The fourth-order valence-corrected chi connectivity index (χ4v) is 3.86. The van der Waals surface area contributed by atoms with Crippen molar-refractivity contribution in [1.29, 1.82) is 0 Å². The molecule has 3 aromatic heterocycles. The molecule has 1 N–H and O–H groups in total. The summed E-state index contributed by atoms with van der Waals surface area (Å²) in [5, 5.41) is 1.63. The third-order valence-corrected chi connectivity index (χ3v) is 5.36. The van der Waals surface area contributed by atoms with Gasteiger partial charge < -0.3 is 9.55 Å². The normalized spacial score (nSPS) is 11.4. The highest BCUT2D eigenvalue weighted by atomic mass is 35.5. The second-order valence-corrected chi connectivity index (χ2v) is 7.51. The summed E-state index contributed by atoms with van der Waals surface area (Å²) in [6.45, 7) is 2.71. The molecular weight excluding hydrogens is 384 g/mol. The first-order chi connectivity index (χ1) is 14.1. The maximum atomic E-state index is 13.3. The molecule has 6 heteroatoms. The molecule has 0 saturated heterocycles. The number of aromatic amines is 1. The van der Waals surface area contributed by atoms with Crippen LogP contribution in [0.15, 0.2) is 67.1 Å². The molecule has 0 fully saturated rings. The number of para-hydroxylation sites is 1. The van der Waals surface area contributed by atoms with Gasteiger partial charge in [-0.1, -0.05) is 41.9 Å². The SMILES string of the molecule is Cc1cccc2c(C(=O)c3nc4ccncc4[nH]3)cn(Cc3ccc(Cl)cc3)c12. The van der Waals surface area contributed by atoms with Crippen LogP contribution in [0.5, 0.6) is 0 Å². The van der Waals surface area contributed by atoms with Crippen LogP contribution in [0.25, 0.3) is 21.9 Å². The van der Waals surface area contributed by atoms with Crippen LogP contribution in [0.4, 0.5) is 0 Å². The van der Waals surface area contributed by atoms with E-state index in [0.29, 0.717) is 23.0 Å². The van der Waals surface area contributed by atoms with Crippen LogP contribution < -0.4 is 0 Å². The molecule has 0 aliphatic heterocycles. The van der Waals surface area contributed by atoms with E-state index in [9.17, 15) is 4.79 Å². The molecule has 0 atom stereocenters. The van der Waals surface area contributed by atoms with E-state index < -0.39 is 0 Å². The van der Waals surface area contributed by atoms with Crippen molar-refractivity contribution >= 4 is 39.3 Å². The largest absolute Gasteiger partial charge is 0.342 e. The maximum Gasteiger partial charge on any atom is 0.230 e. The maximum absolute atomic E-state index is 13.3. The minimum absolute atomic E-state index is 0.133. The summed E-state index contributed by atoms with van der Waals surface area (Å²) >= 11 is 6.02. The number of benzene rings is 2. The molecule has 0 spiro atoms. The van der Waals surface area contributed by atoms with Crippen molar-refractivity contribution in [2.24, 2.45) is 0 Å². The smallest absolute Gasteiger partial charge is 0.230 e. The Hall–Kier alpha value is -3.44. The minimum atomic E-state index is -0.133. The Morgan fingerprint density at radius 2 is 1.97 bits per heavy atom. The third-order valence-electron chi connectivity index (χ3n) is 5.11. The van der Waals surface area contributed by atoms with Gasteiger partial charge in [0.1, 0.15) is 0 Å². The van der Waals surface area contributed by atoms with Gasteiger partial charge in [-0.15, -0.1) is 0 Å². The summed E-state index contributed by atoms with van der Waals surface area (Å²) in [5.41, 5.74) is 5.38. The molecule has 0 unspecified atom stereocenters. The Kier molecular flexibility index (Phi) is 4.18. The van der Waals surface area contributed by atoms with Crippen molar-refractivity contribution in [3.8, 4) is 0 Å². The Morgan fingerprint density at radius 3 is 2.76 bits per heavy atom. The number of imidazole rings is 1. The van der Waals surface area contributed by atoms with Crippen molar-refractivity contribution < 1.29 is 4.79 Å². The van der Waals surface area contributed by atoms with E-state index in [1.165, 1.54) is 0 Å². The number of pyridine rings is 1. The fraction of sp³-hybridized carbons (Fsp3) is 0.0870. The number of halogens is 1. The number of hydrogen-bond acceptors (Lipinski definition) is 3. The van der Waals surface area contributed by atoms with Crippen molar-refractivity contribution in [2.75, 3.05) is 0 Å². The number of nitrogens with zero attached hydrogens (tertiary/aromatic N) is 3. The molecule has 29 heavy (non-hydrogen) atoms. The molecule has 5 aromatic rings. The summed E-state index contributed by atoms with van der Waals surface area (Å²) < 4.78 is 2.12. The molecule has 0 aliphatic rings. The lowest BCUT2D eigenvalue weighted by molar-refractivity contribution is 0.103. The van der Waals surface area contributed by atoms with E-state index in [1.54, 1.807) is 18.5 Å². The summed E-state index contributed by atoms with van der Waals surface area (Å²) in [7, 11) is 0. The second kappa shape index (κ2) is 6.87. The highest BCUT2D eigenvalue weighted by molar-refractivity contribution is 6.30. The van der Waals surface area contributed by atoms with Gasteiger partial charge in [0, 0.05) is 29.3 Å². The zero-order valence-electron chi connectivity index (χ0n) is 15.7. The van der Waals surface area contributed by atoms with Gasteiger partial charge in [-0.3, -0.25) is 9.78 Å². The van der Waals surface area contributed by atoms with Crippen LogP contribution in [0, 0.1) is 6.92 Å². The van der Waals surface area contributed by atoms with Crippen LogP contribution in [0.3, 0.4) is 0 Å². The van der Waals surface area contributed by atoms with Crippen LogP contribution in [-0.4, -0.2) is 25.3 Å². The Labute approximate surface area is 172 Å². The average molecular weight is 401 g/mol. The highest BCUT2D eigenvalue weighted by Gasteiger charge is 2.20. The first kappa shape index (κ1) is 17.6. The number of hydrogen-bond donors (Lipinski definition) is 1. The lowest BCUT2D eigenvalue weighted by Crippen LogP contribution is -2.03. The highest BCUT2D eigenvalue weighted by Crippen LogP contribution is 2.27. The standard InChI is InChI=1S/C23H17ClN4O/c1-14-3-2-4-17-18(22(29)23-26-19-9-10-25-11-20(19)27-23)13-28(21(14)17)12-15-5-7-16(24)8-6-15/h2-11,13H,12H2,1H3,(H,26,27). The minimum Gasteiger partial charge on any atom is -0.342 e. The summed E-state index contributed by atoms with van der Waals surface area (Å²) in [6.07, 6.45) is 5.26. The quantitative estimate of drug-likeness (QED) is 0.424. The van der Waals surface area contributed by atoms with Crippen molar-refractivity contribution in [3.63, 3.8) is 0 Å². The molecule has 5 nitrogen and oxygen atoms in total. The summed E-state index contributed by atoms with van der Waals surface area (Å²) in [5.74, 6) is 0.187. The van der Waals surface area contributed by atoms with E-state index in [0.717, 1.165) is 33.1 Å². The molecule has 0 radical (unpaired) electrons. The molecule has 2 aromatic carbocycles. The van der Waals surface area contributed by atoms with E-state index >= 15 is 0 Å². The molecule has 5 rings (SSSR count). The number of aryl methyl sites for hydroxylation is 1. The Balaban J connectivity index is 1.63. The van der Waals surface area contributed by atoms with Gasteiger partial charge >= 0.3 is 0 Å². The predicted octanol–water partition coefficient (Wildman–Crippen LogP) is 5.15. The number of nitrogens with one attached hydrogen (secondary N) is 1. The fourth-order valence-electron chi connectivity index (χ4n) is 3.73. The molecule has 0 saturated carbocycles. The van der Waals surface area contributed by atoms with Gasteiger partial charge in [0.2, 0.25) is 5.78 Å². The zero-order chi connectivity index (χ0) is 20.0. The monoisotopic (exact) mass is 400 g/mol. The number of carbonyl (C=O) groups is 1. The zero-order valence-corrected chi connectivity index (χ0v) is 16.4. The van der Waals surface area contributed by atoms with Crippen LogP contribution in [-0.2, 0) is 6.54 Å². The van der Waals surface area contributed by atoms with E-state index in [-0.39, 0.29) is 5.78 Å². The topological polar surface area (TPSA) is 63.6 Å². The Bertz CT molecular complexity index is 1330. The lowest BCUT2D eigenvalue weighted by Gasteiger charge is -2.07. The van der Waals surface area contributed by atoms with Gasteiger partial charge in [-0.05, 0) is 36.2 Å². The average Bonchev–Trinajstić information content (AvgIpc) is 3.32. The van der Waals surface area contributed by atoms with Crippen LogP contribution in [0.1, 0.15) is 27.3 Å². The lowest BCUT2D eigenvalue weighted by atomic mass is 10.1. The van der Waals surface area contributed by atoms with E-state index in [4.69, 9.17) is 11.6 Å². The predicted molar refractivity (Wildman–Crippen MR) is 115 cm³/mol. The van der Waals surface area contributed by atoms with E-state index in [2.05, 4.69) is 32.5 Å². The number of aromatic nitrogens is 4. The van der Waals surface area contributed by atoms with Crippen molar-refractivity contribution in [2.45, 2.75) is 13.5 Å². The number of ketones is 1. The first-order valence-corrected chi connectivity index (χ1v) is 9.65. The molecule has 142 valence electrons. The Morgan fingerprint density at radius 1 is 1.14 bits per heavy atom. The number of H-pyrrole nitrogens is 1. The van der Waals surface area contributed by atoms with Gasteiger partial charge in [-0.2, -0.15) is 0 Å². The van der Waals surface area contributed by atoms with Gasteiger partial charge in [0.15, 0.2) is 5.82 Å². The number of rotatable bonds is 4. The van der Waals surface area contributed by atoms with Gasteiger partial charge in [0.25, 0.3) is 0 Å². The number of carbonyl (C=O) groups excluding carboxylic acids is 1. The molecule has 0 amide bonds. The molecule has 0 bridgehead atoms. The van der Waals surface area contributed by atoms with Crippen molar-refractivity contribution in [1.82, 2.24) is 19.5 Å². The third kappa shape index (κ3) is 3.09. The van der Waals surface area contributed by atoms with E-state index in [1.807, 2.05) is 42.6 Å². The van der Waals surface area contributed by atoms with Crippen LogP contribution in [0.2, 0.25) is 5.02 Å². The van der Waals surface area contributed by atoms with Gasteiger partial charge in [-0.25, -0.2) is 4.98 Å². The van der Waals surface area contributed by atoms with Crippen molar-refractivity contribution in [3.05, 3.63) is 94.7 Å².